The molecule has 0 aliphatic carbocycles. The molecule has 3 N–H and O–H groups in total. The largest absolute Gasteiger partial charge is 0.462 e. The molecule has 0 saturated carbocycles. The summed E-state index contributed by atoms with van der Waals surface area (Å²) in [5.41, 5.74) is 1.87. The van der Waals surface area contributed by atoms with Crippen molar-refractivity contribution >= 4 is 35.2 Å². The van der Waals surface area contributed by atoms with Gasteiger partial charge in [-0.25, -0.2) is 0 Å². The molecule has 56 heavy (non-hydrogen) atoms. The van der Waals surface area contributed by atoms with E-state index in [0.29, 0.717) is 32.4 Å². The Morgan fingerprint density at radius 2 is 1.88 bits per heavy atom. The summed E-state index contributed by atoms with van der Waals surface area (Å²) in [6.07, 6.45) is -1.10. The second-order valence-corrected chi connectivity index (χ2v) is 15.6. The molecule has 0 spiro atoms. The topological polar surface area (TPSA) is 177 Å². The minimum atomic E-state index is -1.33. The molecule has 4 rings (SSSR count). The number of carbonyl (C=O) groups is 3. The van der Waals surface area contributed by atoms with Crippen LogP contribution in [0.2, 0.25) is 0 Å². The molecular formula is C42H63N3O11. The van der Waals surface area contributed by atoms with Crippen LogP contribution >= 0.6 is 0 Å². The lowest BCUT2D eigenvalue weighted by molar-refractivity contribution is -0.310. The van der Waals surface area contributed by atoms with E-state index >= 15 is 0 Å². The number of aromatic nitrogens is 1. The standard InChI is InChI=1S/C42H63N3O11/c1-8-35(48)55-34-24-36(49)54-31(14-9-12-28-16-17-32-29(23-28)13-10-19-43-32)15-11-20-45(6)25-33(47)26(2)22-30(18-21-46)40(41(34)52-7)56-42-39(51)37(44(4)5)38(50)27(3)53-42/h9-10,12-13,16-17,19,21,23,26-27,30-31,33-34,37-42,47,50-51H,8,11,14-15,18,20,22,24-25H2,1-7H3/b12-9+/t26-,27?,30+,31+,33+,34-,37?,38-,39?,40+,41+,42+/m1/s1. The first-order chi connectivity index (χ1) is 26.8. The Bertz CT molecular complexity index is 1580. The van der Waals surface area contributed by atoms with Crippen LogP contribution in [-0.4, -0.2) is 151 Å². The van der Waals surface area contributed by atoms with Gasteiger partial charge in [-0.05, 0) is 89.5 Å². The Kier molecular flexibility index (Phi) is 17.8. The Morgan fingerprint density at radius 1 is 1.11 bits per heavy atom. The maximum absolute atomic E-state index is 13.9. The van der Waals surface area contributed by atoms with E-state index in [2.05, 4.69) is 4.98 Å². The van der Waals surface area contributed by atoms with Crippen LogP contribution in [0, 0.1) is 11.8 Å². The minimum absolute atomic E-state index is 0.0185. The molecule has 0 radical (unpaired) electrons. The van der Waals surface area contributed by atoms with Gasteiger partial charge in [0.15, 0.2) is 6.29 Å². The van der Waals surface area contributed by atoms with Gasteiger partial charge in [0.1, 0.15) is 30.7 Å². The highest BCUT2D eigenvalue weighted by Gasteiger charge is 2.48. The number of aliphatic hydroxyl groups excluding tert-OH is 3. The number of likely N-dealkylation sites (N-methyl/N-ethyl adjacent to an activating group) is 2. The minimum Gasteiger partial charge on any atom is -0.462 e. The number of hydrogen-bond donors (Lipinski definition) is 3. The lowest BCUT2D eigenvalue weighted by atomic mass is 9.82. The van der Waals surface area contributed by atoms with Crippen LogP contribution < -0.4 is 0 Å². The summed E-state index contributed by atoms with van der Waals surface area (Å²) in [7, 11) is 6.77. The number of esters is 2. The average molecular weight is 786 g/mol. The second-order valence-electron chi connectivity index (χ2n) is 15.6. The van der Waals surface area contributed by atoms with Crippen LogP contribution in [0.3, 0.4) is 0 Å². The van der Waals surface area contributed by atoms with Gasteiger partial charge in [0, 0.05) is 44.5 Å². The van der Waals surface area contributed by atoms with Crippen molar-refractivity contribution in [3.05, 3.63) is 48.2 Å². The van der Waals surface area contributed by atoms with Crippen molar-refractivity contribution in [3.8, 4) is 0 Å². The number of cyclic esters (lactones) is 1. The molecule has 12 atom stereocenters. The van der Waals surface area contributed by atoms with Crippen molar-refractivity contribution in [2.24, 2.45) is 11.8 Å². The number of ether oxygens (including phenoxy) is 5. The van der Waals surface area contributed by atoms with Crippen LogP contribution in [0.1, 0.15) is 71.3 Å². The lowest BCUT2D eigenvalue weighted by Gasteiger charge is -2.47. The van der Waals surface area contributed by atoms with Crippen LogP contribution in [-0.2, 0) is 38.1 Å². The summed E-state index contributed by atoms with van der Waals surface area (Å²) in [4.78, 5) is 47.2. The van der Waals surface area contributed by atoms with Crippen LogP contribution in [0.4, 0.5) is 0 Å². The van der Waals surface area contributed by atoms with E-state index in [0.717, 1.165) is 22.8 Å². The summed E-state index contributed by atoms with van der Waals surface area (Å²) in [6, 6.07) is 9.11. The molecule has 14 nitrogen and oxygen atoms in total. The fourth-order valence-corrected chi connectivity index (χ4v) is 7.80. The van der Waals surface area contributed by atoms with Gasteiger partial charge >= 0.3 is 11.9 Å². The highest BCUT2D eigenvalue weighted by molar-refractivity contribution is 5.81. The number of nitrogens with zero attached hydrogens (tertiary/aromatic N) is 3. The summed E-state index contributed by atoms with van der Waals surface area (Å²) in [5.74, 6) is -2.15. The van der Waals surface area contributed by atoms with Crippen molar-refractivity contribution in [3.63, 3.8) is 0 Å². The number of methoxy groups -OCH3 is 1. The molecule has 1 aromatic carbocycles. The first-order valence-corrected chi connectivity index (χ1v) is 19.8. The van der Waals surface area contributed by atoms with E-state index in [4.69, 9.17) is 23.7 Å². The number of β-amino-alcohol motifs (C(OH)–C–C–N with tert-alkyl or cyclic N) is 1. The van der Waals surface area contributed by atoms with Crippen molar-refractivity contribution in [1.29, 1.82) is 0 Å². The summed E-state index contributed by atoms with van der Waals surface area (Å²) in [6.45, 7) is 6.19. The number of rotatable bonds is 11. The number of carbonyl (C=O) groups excluding carboxylic acids is 3. The van der Waals surface area contributed by atoms with Crippen molar-refractivity contribution in [1.82, 2.24) is 14.8 Å². The zero-order valence-electron chi connectivity index (χ0n) is 33.9. The smallest absolute Gasteiger partial charge is 0.309 e. The third-order valence-corrected chi connectivity index (χ3v) is 11.0. The summed E-state index contributed by atoms with van der Waals surface area (Å²) in [5, 5.41) is 34.8. The lowest BCUT2D eigenvalue weighted by Crippen LogP contribution is -2.63. The zero-order valence-corrected chi connectivity index (χ0v) is 33.9. The highest BCUT2D eigenvalue weighted by Crippen LogP contribution is 2.34. The van der Waals surface area contributed by atoms with Gasteiger partial charge < -0.3 is 53.6 Å². The van der Waals surface area contributed by atoms with Crippen molar-refractivity contribution < 1.29 is 53.4 Å². The molecule has 2 aromatic rings. The second kappa shape index (κ2) is 22.0. The summed E-state index contributed by atoms with van der Waals surface area (Å²) >= 11 is 0. The first-order valence-electron chi connectivity index (χ1n) is 19.8. The fourth-order valence-electron chi connectivity index (χ4n) is 7.80. The van der Waals surface area contributed by atoms with Gasteiger partial charge in [0.25, 0.3) is 0 Å². The predicted molar refractivity (Wildman–Crippen MR) is 210 cm³/mol. The Labute approximate surface area is 331 Å². The van der Waals surface area contributed by atoms with E-state index in [1.165, 1.54) is 7.11 Å². The Balaban J connectivity index is 1.69. The molecule has 2 fully saturated rings. The van der Waals surface area contributed by atoms with Crippen molar-refractivity contribution in [2.45, 2.75) is 127 Å². The number of benzene rings is 1. The number of aldehydes is 1. The van der Waals surface area contributed by atoms with E-state index in [1.807, 2.05) is 61.4 Å². The molecule has 2 aliphatic heterocycles. The van der Waals surface area contributed by atoms with E-state index in [1.54, 1.807) is 39.0 Å². The normalized spacial score (nSPS) is 33.4. The molecule has 3 unspecified atom stereocenters. The van der Waals surface area contributed by atoms with Gasteiger partial charge in [-0.2, -0.15) is 0 Å². The highest BCUT2D eigenvalue weighted by atomic mass is 16.7. The number of fused-ring (bicyclic) bond motifs is 1. The van der Waals surface area contributed by atoms with Gasteiger partial charge in [0.05, 0.1) is 42.4 Å². The molecule has 0 bridgehead atoms. The van der Waals surface area contributed by atoms with Crippen LogP contribution in [0.25, 0.3) is 17.0 Å². The summed E-state index contributed by atoms with van der Waals surface area (Å²) < 4.78 is 30.7. The quantitative estimate of drug-likeness (QED) is 0.223. The van der Waals surface area contributed by atoms with Crippen LogP contribution in [0.15, 0.2) is 42.6 Å². The molecule has 2 saturated heterocycles. The Morgan fingerprint density at radius 3 is 2.57 bits per heavy atom. The molecule has 1 aromatic heterocycles. The molecule has 14 heteroatoms. The average Bonchev–Trinajstić information content (AvgIpc) is 3.15. The SMILES string of the molecule is CCC(=O)O[C@@H]1CC(=O)O[C@@H](C/C=C/c2ccc3ncccc3c2)CCCN(C)C[C@H](O)[C@H](C)C[C@H](CC=O)[C@H](O[C@@H]2OC(C)[C@@H](O)C(N(C)C)C2O)[C@H]1OC. The molecule has 3 heterocycles. The third kappa shape index (κ3) is 12.6. The third-order valence-electron chi connectivity index (χ3n) is 11.0. The first kappa shape index (κ1) is 45.4. The van der Waals surface area contributed by atoms with Gasteiger partial charge in [-0.1, -0.05) is 38.1 Å². The Hall–Kier alpha value is -3.34. The maximum Gasteiger partial charge on any atom is 0.309 e. The molecule has 0 amide bonds. The van der Waals surface area contributed by atoms with E-state index < -0.39 is 79.0 Å². The van der Waals surface area contributed by atoms with E-state index in [-0.39, 0.29) is 31.6 Å². The van der Waals surface area contributed by atoms with Gasteiger partial charge in [0.2, 0.25) is 0 Å². The maximum atomic E-state index is 13.9. The van der Waals surface area contributed by atoms with Crippen LogP contribution in [0.5, 0.6) is 0 Å². The number of pyridine rings is 1. The zero-order chi connectivity index (χ0) is 40.9. The van der Waals surface area contributed by atoms with Gasteiger partial charge in [-0.15, -0.1) is 0 Å². The fraction of sp³-hybridized carbons (Fsp3) is 0.667. The van der Waals surface area contributed by atoms with E-state index in [9.17, 15) is 29.7 Å². The molecule has 312 valence electrons. The molecule has 2 aliphatic rings. The predicted octanol–water partition coefficient (Wildman–Crippen LogP) is 3.38. The van der Waals surface area contributed by atoms with Gasteiger partial charge in [-0.3, -0.25) is 14.6 Å². The van der Waals surface area contributed by atoms with Crippen molar-refractivity contribution in [2.75, 3.05) is 41.3 Å². The monoisotopic (exact) mass is 785 g/mol. The number of aliphatic hydroxyl groups is 3. The number of hydrogen-bond acceptors (Lipinski definition) is 14. The molecular weight excluding hydrogens is 722 g/mol.